The van der Waals surface area contributed by atoms with Crippen molar-refractivity contribution in [2.75, 3.05) is 7.11 Å². The van der Waals surface area contributed by atoms with Gasteiger partial charge in [0.25, 0.3) is 0 Å². The number of hydrogen-bond acceptors (Lipinski definition) is 5. The van der Waals surface area contributed by atoms with Gasteiger partial charge in [-0.15, -0.1) is 0 Å². The predicted molar refractivity (Wildman–Crippen MR) is 65.7 cm³/mol. The van der Waals surface area contributed by atoms with Crippen molar-refractivity contribution in [2.45, 2.75) is 18.0 Å². The number of sulfonamides is 1. The molecule has 0 spiro atoms. The third-order valence-corrected chi connectivity index (χ3v) is 3.67. The van der Waals surface area contributed by atoms with Crippen LogP contribution in [-0.4, -0.2) is 38.2 Å². The molecule has 2 N–H and O–H groups in total. The first-order valence-corrected chi connectivity index (χ1v) is 6.99. The highest BCUT2D eigenvalue weighted by atomic mass is 32.2. The zero-order valence-electron chi connectivity index (χ0n) is 10.7. The minimum absolute atomic E-state index is 0.0794. The molecule has 0 aromatic heterocycles. The van der Waals surface area contributed by atoms with E-state index < -0.39 is 27.5 Å². The quantitative estimate of drug-likeness (QED) is 0.785. The number of methoxy groups -OCH3 is 1. The number of hydrogen-bond donors (Lipinski definition) is 2. The molecular weight excluding hydrogens is 315 g/mol. The van der Waals surface area contributed by atoms with Gasteiger partial charge in [0, 0.05) is 0 Å². The van der Waals surface area contributed by atoms with Gasteiger partial charge in [0.2, 0.25) is 0 Å². The van der Waals surface area contributed by atoms with Gasteiger partial charge in [-0.3, -0.25) is 4.79 Å². The van der Waals surface area contributed by atoms with Crippen molar-refractivity contribution < 1.29 is 36.2 Å². The number of esters is 1. The highest BCUT2D eigenvalue weighted by Crippen LogP contribution is 2.22. The zero-order valence-corrected chi connectivity index (χ0v) is 11.5. The highest BCUT2D eigenvalue weighted by molar-refractivity contribution is 7.90. The van der Waals surface area contributed by atoms with Crippen LogP contribution in [0.1, 0.15) is 5.56 Å². The van der Waals surface area contributed by atoms with E-state index >= 15 is 0 Å². The van der Waals surface area contributed by atoms with Crippen LogP contribution in [0.2, 0.25) is 0 Å². The molecule has 21 heavy (non-hydrogen) atoms. The fourth-order valence-corrected chi connectivity index (χ4v) is 2.12. The van der Waals surface area contributed by atoms with Gasteiger partial charge in [-0.05, 0) is 24.1 Å². The summed E-state index contributed by atoms with van der Waals surface area (Å²) in [5, 5.41) is 9.09. The average molecular weight is 327 g/mol. The molecule has 0 heterocycles. The molecule has 1 aromatic rings. The molecule has 0 aliphatic heterocycles. The van der Waals surface area contributed by atoms with E-state index in [2.05, 4.69) is 4.74 Å². The van der Waals surface area contributed by atoms with E-state index in [4.69, 9.17) is 5.11 Å². The molecule has 0 aliphatic rings. The van der Waals surface area contributed by atoms with Crippen molar-refractivity contribution >= 4 is 16.0 Å². The summed E-state index contributed by atoms with van der Waals surface area (Å²) < 4.78 is 64.6. The number of rotatable bonds is 5. The first-order valence-electron chi connectivity index (χ1n) is 5.51. The molecule has 0 fully saturated rings. The molecule has 0 saturated carbocycles. The Kier molecular flexibility index (Phi) is 5.18. The number of benzene rings is 1. The summed E-state index contributed by atoms with van der Waals surface area (Å²) in [6.07, 6.45) is -0.359. The van der Waals surface area contributed by atoms with Gasteiger partial charge < -0.3 is 9.84 Å². The number of aromatic hydroxyl groups is 1. The van der Waals surface area contributed by atoms with Gasteiger partial charge in [-0.25, -0.2) is 8.42 Å². The van der Waals surface area contributed by atoms with Crippen LogP contribution in [0.3, 0.4) is 0 Å². The molecule has 0 aliphatic carbocycles. The first-order chi connectivity index (χ1) is 9.56. The minimum Gasteiger partial charge on any atom is -0.508 e. The van der Waals surface area contributed by atoms with Crippen LogP contribution in [-0.2, 0) is 26.0 Å². The van der Waals surface area contributed by atoms with Crippen molar-refractivity contribution in [2.24, 2.45) is 0 Å². The largest absolute Gasteiger partial charge is 0.511 e. The zero-order chi connectivity index (χ0) is 16.3. The molecule has 1 rings (SSSR count). The summed E-state index contributed by atoms with van der Waals surface area (Å²) in [5.74, 6) is -1.24. The lowest BCUT2D eigenvalue weighted by Gasteiger charge is -2.17. The van der Waals surface area contributed by atoms with E-state index in [1.54, 1.807) is 0 Å². The van der Waals surface area contributed by atoms with E-state index in [1.165, 1.54) is 29.0 Å². The van der Waals surface area contributed by atoms with Gasteiger partial charge in [-0.1, -0.05) is 12.1 Å². The number of phenols is 1. The van der Waals surface area contributed by atoms with Crippen molar-refractivity contribution in [1.82, 2.24) is 4.72 Å². The standard InChI is InChI=1S/C11H12F3NO5S/c1-20-10(17)9(15-21(18,19)11(12,13)14)6-7-2-4-8(16)5-3-7/h2-5,9,15-16H,6H2,1H3/t9-/m1/s1. The van der Waals surface area contributed by atoms with Crippen LogP contribution in [0.5, 0.6) is 5.75 Å². The van der Waals surface area contributed by atoms with Gasteiger partial charge >= 0.3 is 21.5 Å². The smallest absolute Gasteiger partial charge is 0.508 e. The number of halogens is 3. The first kappa shape index (κ1) is 17.2. The Labute approximate surface area is 118 Å². The van der Waals surface area contributed by atoms with Crippen molar-refractivity contribution in [3.05, 3.63) is 29.8 Å². The second-order valence-corrected chi connectivity index (χ2v) is 5.72. The fourth-order valence-electron chi connectivity index (χ4n) is 1.44. The molecule has 0 bridgehead atoms. The van der Waals surface area contributed by atoms with Crippen LogP contribution < -0.4 is 4.72 Å². The lowest BCUT2D eigenvalue weighted by Crippen LogP contribution is -2.47. The maximum absolute atomic E-state index is 12.3. The molecule has 6 nitrogen and oxygen atoms in total. The monoisotopic (exact) mass is 327 g/mol. The van der Waals surface area contributed by atoms with E-state index in [-0.39, 0.29) is 12.2 Å². The number of ether oxygens (including phenoxy) is 1. The Hall–Kier alpha value is -1.81. The number of alkyl halides is 3. The Morgan fingerprint density at radius 3 is 2.29 bits per heavy atom. The molecule has 1 atom stereocenters. The second-order valence-electron chi connectivity index (χ2n) is 4.01. The Bertz CT molecular complexity index is 597. The number of carbonyl (C=O) groups is 1. The number of nitrogens with one attached hydrogen (secondary N) is 1. The van der Waals surface area contributed by atoms with Crippen LogP contribution in [0.4, 0.5) is 13.2 Å². The lowest BCUT2D eigenvalue weighted by atomic mass is 10.1. The van der Waals surface area contributed by atoms with E-state index in [1.807, 2.05) is 0 Å². The minimum atomic E-state index is -5.68. The summed E-state index contributed by atoms with van der Waals surface area (Å²) in [6, 6.07) is 3.45. The van der Waals surface area contributed by atoms with Crippen LogP contribution in [0.25, 0.3) is 0 Å². The summed E-state index contributed by atoms with van der Waals surface area (Å²) in [5.41, 5.74) is -5.19. The van der Waals surface area contributed by atoms with E-state index in [9.17, 15) is 26.4 Å². The SMILES string of the molecule is COC(=O)[C@@H](Cc1ccc(O)cc1)NS(=O)(=O)C(F)(F)F. The molecule has 0 unspecified atom stereocenters. The number of carbonyl (C=O) groups excluding carboxylic acids is 1. The third-order valence-electron chi connectivity index (χ3n) is 2.46. The summed E-state index contributed by atoms with van der Waals surface area (Å²) in [4.78, 5) is 11.4. The van der Waals surface area contributed by atoms with Crippen LogP contribution >= 0.6 is 0 Å². The summed E-state index contributed by atoms with van der Waals surface area (Å²) in [7, 11) is -4.76. The fraction of sp³-hybridized carbons (Fsp3) is 0.364. The molecular formula is C11H12F3NO5S. The van der Waals surface area contributed by atoms with Gasteiger partial charge in [0.05, 0.1) is 7.11 Å². The topological polar surface area (TPSA) is 92.7 Å². The van der Waals surface area contributed by atoms with E-state index in [0.29, 0.717) is 5.56 Å². The van der Waals surface area contributed by atoms with Crippen molar-refractivity contribution in [3.8, 4) is 5.75 Å². The molecule has 0 amide bonds. The maximum Gasteiger partial charge on any atom is 0.511 e. The Morgan fingerprint density at radius 2 is 1.86 bits per heavy atom. The lowest BCUT2D eigenvalue weighted by molar-refractivity contribution is -0.142. The molecule has 1 aromatic carbocycles. The Balaban J connectivity index is 2.97. The predicted octanol–water partition coefficient (Wildman–Crippen LogP) is 0.915. The van der Waals surface area contributed by atoms with Crippen molar-refractivity contribution in [3.63, 3.8) is 0 Å². The summed E-state index contributed by atoms with van der Waals surface area (Å²) in [6.45, 7) is 0. The number of phenolic OH excluding ortho intramolecular Hbond substituents is 1. The average Bonchev–Trinajstić information content (AvgIpc) is 2.38. The molecule has 118 valence electrons. The summed E-state index contributed by atoms with van der Waals surface area (Å²) >= 11 is 0. The van der Waals surface area contributed by atoms with Gasteiger partial charge in [0.1, 0.15) is 11.8 Å². The molecule has 0 radical (unpaired) electrons. The Morgan fingerprint density at radius 1 is 1.33 bits per heavy atom. The maximum atomic E-state index is 12.3. The third kappa shape index (κ3) is 4.60. The van der Waals surface area contributed by atoms with E-state index in [0.717, 1.165) is 7.11 Å². The van der Waals surface area contributed by atoms with Crippen LogP contribution in [0, 0.1) is 0 Å². The van der Waals surface area contributed by atoms with Crippen molar-refractivity contribution in [1.29, 1.82) is 0 Å². The van der Waals surface area contributed by atoms with Crippen LogP contribution in [0.15, 0.2) is 24.3 Å². The molecule has 0 saturated heterocycles. The van der Waals surface area contributed by atoms with Gasteiger partial charge in [-0.2, -0.15) is 17.9 Å². The highest BCUT2D eigenvalue weighted by Gasteiger charge is 2.47. The normalized spacial score (nSPS) is 13.7. The van der Waals surface area contributed by atoms with Gasteiger partial charge in [0.15, 0.2) is 0 Å². The molecule has 10 heteroatoms. The second kappa shape index (κ2) is 6.31.